The monoisotopic (exact) mass is 474 g/mol. The zero-order chi connectivity index (χ0) is 20.9. The number of cyclic esters (lactones) is 1. The van der Waals surface area contributed by atoms with Gasteiger partial charge in [-0.3, -0.25) is 9.35 Å². The molecule has 5 aliphatic rings. The number of alkyl halides is 2. The highest BCUT2D eigenvalue weighted by Crippen LogP contribution is 2.71. The largest absolute Gasteiger partial charge is 0.465 e. The van der Waals surface area contributed by atoms with E-state index in [2.05, 4.69) is 0 Å². The van der Waals surface area contributed by atoms with E-state index < -0.39 is 51.7 Å². The van der Waals surface area contributed by atoms with Gasteiger partial charge in [-0.15, -0.1) is 23.5 Å². The number of aliphatic hydroxyl groups is 1. The Balaban J connectivity index is 1.26. The zero-order valence-corrected chi connectivity index (χ0v) is 16.9. The van der Waals surface area contributed by atoms with Gasteiger partial charge in [0.15, 0.2) is 0 Å². The molecule has 0 aromatic carbocycles. The van der Waals surface area contributed by atoms with Gasteiger partial charge in [-0.05, 0) is 31.1 Å². The first-order chi connectivity index (χ1) is 13.4. The van der Waals surface area contributed by atoms with E-state index in [-0.39, 0.29) is 33.0 Å². The van der Waals surface area contributed by atoms with Crippen LogP contribution in [-0.2, 0) is 33.9 Å². The number of hydrogen-bond donors (Lipinski definition) is 2. The molecule has 162 valence electrons. The molecule has 29 heavy (non-hydrogen) atoms. The molecule has 2 bridgehead atoms. The molecular weight excluding hydrogens is 458 g/mol. The summed E-state index contributed by atoms with van der Waals surface area (Å²) >= 11 is 3.11. The second-order valence-electron chi connectivity index (χ2n) is 7.90. The first kappa shape index (κ1) is 20.2. The van der Waals surface area contributed by atoms with E-state index in [0.717, 1.165) is 0 Å². The zero-order valence-electron chi connectivity index (χ0n) is 14.5. The van der Waals surface area contributed by atoms with Gasteiger partial charge < -0.3 is 19.3 Å². The number of fused-ring (bicyclic) bond motifs is 6. The van der Waals surface area contributed by atoms with Crippen LogP contribution in [-0.4, -0.2) is 68.5 Å². The smallest absolute Gasteiger partial charge is 0.457 e. The predicted molar refractivity (Wildman–Crippen MR) is 93.2 cm³/mol. The molecule has 9 nitrogen and oxygen atoms in total. The van der Waals surface area contributed by atoms with Gasteiger partial charge in [-0.1, -0.05) is 0 Å². The minimum atomic E-state index is -5.90. The fraction of sp³-hybridized carbons (Fsp3) is 0.867. The molecule has 2 aliphatic carbocycles. The fourth-order valence-electron chi connectivity index (χ4n) is 5.07. The van der Waals surface area contributed by atoms with Crippen molar-refractivity contribution in [3.8, 4) is 0 Å². The lowest BCUT2D eigenvalue weighted by molar-refractivity contribution is -0.169. The number of thioether (sulfide) groups is 2. The highest BCUT2D eigenvalue weighted by molar-refractivity contribution is 8.22. The molecule has 0 amide bonds. The Bertz CT molecular complexity index is 882. The second-order valence-corrected chi connectivity index (χ2v) is 12.6. The lowest BCUT2D eigenvalue weighted by atomic mass is 9.96. The molecule has 3 heterocycles. The van der Waals surface area contributed by atoms with Gasteiger partial charge >= 0.3 is 27.3 Å². The van der Waals surface area contributed by atoms with E-state index in [1.54, 1.807) is 23.5 Å². The van der Waals surface area contributed by atoms with Crippen LogP contribution in [0, 0.1) is 17.8 Å². The standard InChI is InChI=1S/C15H16F2O9S3/c16-15(17,29(21,22)23)13(20)24-6-2-5-1-4(6)3-14(5)27-9-7-8(25-12(9)28-14)11(19)26-10(7)18/h4-9,11-12,19H,1-3H2,(H,21,22,23). The van der Waals surface area contributed by atoms with Crippen molar-refractivity contribution in [1.29, 1.82) is 0 Å². The molecule has 14 heteroatoms. The van der Waals surface area contributed by atoms with E-state index in [1.165, 1.54) is 0 Å². The molecule has 0 aromatic rings. The highest BCUT2D eigenvalue weighted by Gasteiger charge is 2.69. The summed E-state index contributed by atoms with van der Waals surface area (Å²) in [5, 5.41) is 4.57. The van der Waals surface area contributed by atoms with Gasteiger partial charge in [-0.25, -0.2) is 4.79 Å². The molecule has 5 rings (SSSR count). The molecule has 1 spiro atoms. The Morgan fingerprint density at radius 3 is 2.66 bits per heavy atom. The third-order valence-corrected chi connectivity index (χ3v) is 11.1. The predicted octanol–water partition coefficient (Wildman–Crippen LogP) is 0.570. The Hall–Kier alpha value is -0.670. The minimum absolute atomic E-state index is 0.00495. The van der Waals surface area contributed by atoms with E-state index in [4.69, 9.17) is 18.8 Å². The van der Waals surface area contributed by atoms with Crippen LogP contribution in [0.5, 0.6) is 0 Å². The van der Waals surface area contributed by atoms with Crippen molar-refractivity contribution in [3.05, 3.63) is 0 Å². The molecule has 0 aromatic heterocycles. The third kappa shape index (κ3) is 2.79. The van der Waals surface area contributed by atoms with Crippen LogP contribution >= 0.6 is 23.5 Å². The number of rotatable bonds is 3. The van der Waals surface area contributed by atoms with Crippen LogP contribution < -0.4 is 0 Å². The summed E-state index contributed by atoms with van der Waals surface area (Å²) in [5.74, 6) is -3.58. The quantitative estimate of drug-likeness (QED) is 0.439. The van der Waals surface area contributed by atoms with Crippen molar-refractivity contribution in [2.45, 2.75) is 57.8 Å². The SMILES string of the molecule is O=C1OC(O)C2OC3SC4(CC5CC4CC5OC(=O)C(F)(F)S(=O)(=O)O)SC3C12. The van der Waals surface area contributed by atoms with Crippen molar-refractivity contribution in [1.82, 2.24) is 0 Å². The van der Waals surface area contributed by atoms with E-state index in [0.29, 0.717) is 12.8 Å². The molecule has 5 fully saturated rings. The van der Waals surface area contributed by atoms with Crippen molar-refractivity contribution < 1.29 is 50.7 Å². The number of hydrogen-bond acceptors (Lipinski definition) is 10. The van der Waals surface area contributed by atoms with Gasteiger partial charge in [0.1, 0.15) is 23.6 Å². The molecular formula is C15H16F2O9S3. The number of carbonyl (C=O) groups is 2. The average Bonchev–Trinajstić information content (AvgIpc) is 3.35. The topological polar surface area (TPSA) is 136 Å². The minimum Gasteiger partial charge on any atom is -0.457 e. The van der Waals surface area contributed by atoms with Gasteiger partial charge in [0.2, 0.25) is 6.29 Å². The first-order valence-corrected chi connectivity index (χ1v) is 12.1. The van der Waals surface area contributed by atoms with Crippen LogP contribution in [0.25, 0.3) is 0 Å². The highest BCUT2D eigenvalue weighted by atomic mass is 32.2. The average molecular weight is 474 g/mol. The maximum absolute atomic E-state index is 13.5. The molecule has 9 unspecified atom stereocenters. The summed E-state index contributed by atoms with van der Waals surface area (Å²) in [5.41, 5.74) is -0.304. The van der Waals surface area contributed by atoms with E-state index in [1.807, 2.05) is 0 Å². The number of halogens is 2. The Morgan fingerprint density at radius 1 is 1.31 bits per heavy atom. The van der Waals surface area contributed by atoms with Gasteiger partial charge in [0.25, 0.3) is 0 Å². The van der Waals surface area contributed by atoms with Crippen molar-refractivity contribution in [3.63, 3.8) is 0 Å². The molecule has 3 aliphatic heterocycles. The summed E-state index contributed by atoms with van der Waals surface area (Å²) in [4.78, 5) is 23.6. The number of carbonyl (C=O) groups excluding carboxylic acids is 2. The van der Waals surface area contributed by atoms with Crippen molar-refractivity contribution in [2.75, 3.05) is 0 Å². The van der Waals surface area contributed by atoms with Crippen LogP contribution in [0.2, 0.25) is 0 Å². The van der Waals surface area contributed by atoms with Crippen LogP contribution in [0.4, 0.5) is 8.78 Å². The lowest BCUT2D eigenvalue weighted by Gasteiger charge is -2.36. The fourth-order valence-corrected chi connectivity index (χ4v) is 9.82. The summed E-state index contributed by atoms with van der Waals surface area (Å²) in [6.45, 7) is 0. The Kier molecular flexibility index (Phi) is 4.32. The Labute approximate surface area is 171 Å². The molecule has 3 saturated heterocycles. The van der Waals surface area contributed by atoms with Gasteiger partial charge in [0, 0.05) is 0 Å². The summed E-state index contributed by atoms with van der Waals surface area (Å²) in [6.07, 6.45) is -1.42. The van der Waals surface area contributed by atoms with E-state index >= 15 is 0 Å². The van der Waals surface area contributed by atoms with Crippen LogP contribution in [0.3, 0.4) is 0 Å². The number of ether oxygens (including phenoxy) is 3. The maximum Gasteiger partial charge on any atom is 0.465 e. The second kappa shape index (κ2) is 6.19. The third-order valence-electron chi connectivity index (χ3n) is 6.33. The summed E-state index contributed by atoms with van der Waals surface area (Å²) < 4.78 is 72.0. The molecule has 0 radical (unpaired) electrons. The number of esters is 2. The van der Waals surface area contributed by atoms with Crippen LogP contribution in [0.15, 0.2) is 0 Å². The summed E-state index contributed by atoms with van der Waals surface area (Å²) in [7, 11) is -5.90. The van der Waals surface area contributed by atoms with Crippen molar-refractivity contribution >= 4 is 45.6 Å². The first-order valence-electron chi connectivity index (χ1n) is 8.88. The molecule has 2 N–H and O–H groups in total. The van der Waals surface area contributed by atoms with Gasteiger partial charge in [-0.2, -0.15) is 17.2 Å². The Morgan fingerprint density at radius 2 is 2.03 bits per heavy atom. The molecule has 9 atom stereocenters. The maximum atomic E-state index is 13.5. The van der Waals surface area contributed by atoms with E-state index in [9.17, 15) is 31.9 Å². The van der Waals surface area contributed by atoms with Gasteiger partial charge in [0.05, 0.1) is 9.33 Å². The number of aliphatic hydroxyl groups excluding tert-OH is 1. The normalized spacial score (nSPS) is 48.1. The molecule has 2 saturated carbocycles. The van der Waals surface area contributed by atoms with Crippen molar-refractivity contribution in [2.24, 2.45) is 17.8 Å². The van der Waals surface area contributed by atoms with Crippen LogP contribution in [0.1, 0.15) is 19.3 Å². The lowest BCUT2D eigenvalue weighted by Crippen LogP contribution is -2.43. The summed E-state index contributed by atoms with van der Waals surface area (Å²) in [6, 6.07) is 0.